The molecule has 0 unspecified atom stereocenters. The zero-order chi connectivity index (χ0) is 22.5. The van der Waals surface area contributed by atoms with Crippen molar-refractivity contribution in [1.29, 1.82) is 0 Å². The highest BCUT2D eigenvalue weighted by Gasteiger charge is 2.36. The van der Waals surface area contributed by atoms with Crippen LogP contribution in [-0.4, -0.2) is 46.2 Å². The topological polar surface area (TPSA) is 113 Å². The summed E-state index contributed by atoms with van der Waals surface area (Å²) >= 11 is 0.758. The molecule has 1 aliphatic rings. The average molecular weight is 440 g/mol. The minimum atomic E-state index is -1.08. The van der Waals surface area contributed by atoms with E-state index >= 15 is 0 Å². The van der Waals surface area contributed by atoms with Gasteiger partial charge in [-0.15, -0.1) is 0 Å². The number of carboxylic acid groups (broad SMARTS) is 1. The summed E-state index contributed by atoms with van der Waals surface area (Å²) in [5, 5.41) is 10.8. The fourth-order valence-electron chi connectivity index (χ4n) is 2.80. The number of carbonyl (C=O) groups is 4. The number of hydrogen-bond donors (Lipinski definition) is 2. The molecule has 0 aliphatic carbocycles. The molecule has 2 aromatic rings. The van der Waals surface area contributed by atoms with Gasteiger partial charge < -0.3 is 15.2 Å². The van der Waals surface area contributed by atoms with Gasteiger partial charge in [0.25, 0.3) is 11.1 Å². The zero-order valence-electron chi connectivity index (χ0n) is 16.9. The van der Waals surface area contributed by atoms with E-state index in [2.05, 4.69) is 5.32 Å². The highest BCUT2D eigenvalue weighted by molar-refractivity contribution is 8.18. The third kappa shape index (κ3) is 5.73. The number of amides is 3. The van der Waals surface area contributed by atoms with Gasteiger partial charge in [-0.05, 0) is 66.6 Å². The van der Waals surface area contributed by atoms with E-state index in [1.54, 1.807) is 24.3 Å². The van der Waals surface area contributed by atoms with Crippen LogP contribution in [0, 0.1) is 13.8 Å². The molecule has 31 heavy (non-hydrogen) atoms. The SMILES string of the molecule is Cc1ccc(C)c(NC(=O)CN2C(=O)S/C(=C/c3ccc(OCC(=O)O)cc3)C2=O)c1. The Bertz CT molecular complexity index is 1080. The second kappa shape index (κ2) is 9.48. The van der Waals surface area contributed by atoms with Crippen LogP contribution in [0.15, 0.2) is 47.4 Å². The maximum atomic E-state index is 12.6. The minimum Gasteiger partial charge on any atom is -0.482 e. The molecular weight excluding hydrogens is 420 g/mol. The summed E-state index contributed by atoms with van der Waals surface area (Å²) in [7, 11) is 0. The molecule has 0 radical (unpaired) electrons. The van der Waals surface area contributed by atoms with E-state index in [4.69, 9.17) is 9.84 Å². The van der Waals surface area contributed by atoms with Crippen molar-refractivity contribution in [3.05, 3.63) is 64.1 Å². The minimum absolute atomic E-state index is 0.198. The van der Waals surface area contributed by atoms with Crippen LogP contribution >= 0.6 is 11.8 Å². The number of aliphatic carboxylic acids is 1. The van der Waals surface area contributed by atoms with Crippen LogP contribution in [0.25, 0.3) is 6.08 Å². The molecule has 9 heteroatoms. The van der Waals surface area contributed by atoms with Gasteiger partial charge in [0, 0.05) is 5.69 Å². The molecule has 1 aliphatic heterocycles. The number of nitrogens with one attached hydrogen (secondary N) is 1. The lowest BCUT2D eigenvalue weighted by atomic mass is 10.1. The van der Waals surface area contributed by atoms with E-state index in [9.17, 15) is 19.2 Å². The van der Waals surface area contributed by atoms with Gasteiger partial charge in [0.2, 0.25) is 5.91 Å². The quantitative estimate of drug-likeness (QED) is 0.634. The predicted molar refractivity (Wildman–Crippen MR) is 117 cm³/mol. The third-order valence-corrected chi connectivity index (χ3v) is 5.29. The van der Waals surface area contributed by atoms with E-state index in [-0.39, 0.29) is 11.4 Å². The Balaban J connectivity index is 1.65. The van der Waals surface area contributed by atoms with Gasteiger partial charge in [-0.3, -0.25) is 19.3 Å². The van der Waals surface area contributed by atoms with Gasteiger partial charge in [0.05, 0.1) is 4.91 Å². The predicted octanol–water partition coefficient (Wildman–Crippen LogP) is 3.44. The first-order valence-electron chi connectivity index (χ1n) is 9.30. The molecule has 3 amide bonds. The van der Waals surface area contributed by atoms with Crippen molar-refractivity contribution in [1.82, 2.24) is 4.90 Å². The Morgan fingerprint density at radius 1 is 1.13 bits per heavy atom. The number of carbonyl (C=O) groups excluding carboxylic acids is 3. The Hall–Kier alpha value is -3.59. The number of carboxylic acids is 1. The molecule has 0 spiro atoms. The van der Waals surface area contributed by atoms with E-state index in [1.807, 2.05) is 32.0 Å². The van der Waals surface area contributed by atoms with E-state index < -0.39 is 29.6 Å². The smallest absolute Gasteiger partial charge is 0.341 e. The number of benzene rings is 2. The van der Waals surface area contributed by atoms with E-state index in [1.165, 1.54) is 6.08 Å². The van der Waals surface area contributed by atoms with Crippen LogP contribution in [-0.2, 0) is 14.4 Å². The van der Waals surface area contributed by atoms with Gasteiger partial charge >= 0.3 is 5.97 Å². The number of aryl methyl sites for hydroxylation is 2. The summed E-state index contributed by atoms with van der Waals surface area (Å²) in [6.07, 6.45) is 1.54. The van der Waals surface area contributed by atoms with E-state index in [0.717, 1.165) is 27.8 Å². The molecule has 3 rings (SSSR count). The second-order valence-corrected chi connectivity index (χ2v) is 7.88. The van der Waals surface area contributed by atoms with Crippen LogP contribution in [0.5, 0.6) is 5.75 Å². The van der Waals surface area contributed by atoms with Gasteiger partial charge in [-0.2, -0.15) is 0 Å². The molecule has 160 valence electrons. The Morgan fingerprint density at radius 3 is 2.52 bits per heavy atom. The lowest BCUT2D eigenvalue weighted by Gasteiger charge is -2.14. The van der Waals surface area contributed by atoms with Crippen molar-refractivity contribution < 1.29 is 29.0 Å². The van der Waals surface area contributed by atoms with Crippen LogP contribution in [0.3, 0.4) is 0 Å². The third-order valence-electron chi connectivity index (χ3n) is 4.38. The summed E-state index contributed by atoms with van der Waals surface area (Å²) in [5.41, 5.74) is 3.13. The van der Waals surface area contributed by atoms with Crippen LogP contribution in [0.1, 0.15) is 16.7 Å². The van der Waals surface area contributed by atoms with Crippen LogP contribution in [0.4, 0.5) is 10.5 Å². The molecule has 0 bridgehead atoms. The second-order valence-electron chi connectivity index (χ2n) is 6.89. The van der Waals surface area contributed by atoms with Crippen molar-refractivity contribution in [3.8, 4) is 5.75 Å². The first-order valence-corrected chi connectivity index (χ1v) is 10.1. The van der Waals surface area contributed by atoms with Gasteiger partial charge in [0.15, 0.2) is 6.61 Å². The van der Waals surface area contributed by atoms with Crippen LogP contribution < -0.4 is 10.1 Å². The van der Waals surface area contributed by atoms with Crippen molar-refractivity contribution >= 4 is 46.5 Å². The first-order chi connectivity index (χ1) is 14.7. The normalized spacial score (nSPS) is 14.8. The number of ether oxygens (including phenoxy) is 1. The molecule has 0 aromatic heterocycles. The molecule has 2 N–H and O–H groups in total. The molecule has 0 saturated carbocycles. The number of anilines is 1. The molecule has 1 saturated heterocycles. The maximum absolute atomic E-state index is 12.6. The fourth-order valence-corrected chi connectivity index (χ4v) is 3.64. The molecule has 1 fully saturated rings. The summed E-state index contributed by atoms with van der Waals surface area (Å²) in [6, 6.07) is 12.0. The zero-order valence-corrected chi connectivity index (χ0v) is 17.7. The molecule has 2 aromatic carbocycles. The molecular formula is C22H20N2O6S. The maximum Gasteiger partial charge on any atom is 0.341 e. The summed E-state index contributed by atoms with van der Waals surface area (Å²) in [6.45, 7) is 2.93. The fraction of sp³-hybridized carbons (Fsp3) is 0.182. The number of nitrogens with zero attached hydrogens (tertiary/aromatic N) is 1. The van der Waals surface area contributed by atoms with Gasteiger partial charge in [-0.1, -0.05) is 24.3 Å². The lowest BCUT2D eigenvalue weighted by molar-refractivity contribution is -0.139. The number of rotatable bonds is 7. The van der Waals surface area contributed by atoms with Crippen molar-refractivity contribution in [2.75, 3.05) is 18.5 Å². The first kappa shape index (κ1) is 22.1. The monoisotopic (exact) mass is 440 g/mol. The number of imide groups is 1. The Morgan fingerprint density at radius 2 is 1.84 bits per heavy atom. The highest BCUT2D eigenvalue weighted by Crippen LogP contribution is 2.32. The number of thioether (sulfide) groups is 1. The number of hydrogen-bond acceptors (Lipinski definition) is 6. The van der Waals surface area contributed by atoms with Crippen molar-refractivity contribution in [2.24, 2.45) is 0 Å². The lowest BCUT2D eigenvalue weighted by Crippen LogP contribution is -2.36. The van der Waals surface area contributed by atoms with Crippen molar-refractivity contribution in [2.45, 2.75) is 13.8 Å². The van der Waals surface area contributed by atoms with Gasteiger partial charge in [-0.25, -0.2) is 4.79 Å². The Labute approximate surface area is 182 Å². The largest absolute Gasteiger partial charge is 0.482 e. The summed E-state index contributed by atoms with van der Waals surface area (Å²) < 4.78 is 5.06. The van der Waals surface area contributed by atoms with E-state index in [0.29, 0.717) is 17.0 Å². The average Bonchev–Trinajstić information content (AvgIpc) is 2.97. The Kier molecular flexibility index (Phi) is 6.76. The standard InChI is InChI=1S/C22H20N2O6S/c1-13-3-4-14(2)17(9-13)23-19(25)11-24-21(28)18(31-22(24)29)10-15-5-7-16(8-6-15)30-12-20(26)27/h3-10H,11-12H2,1-2H3,(H,23,25)(H,26,27)/b18-10+. The molecule has 0 atom stereocenters. The molecule has 1 heterocycles. The summed E-state index contributed by atoms with van der Waals surface area (Å²) in [4.78, 5) is 48.9. The highest BCUT2D eigenvalue weighted by atomic mass is 32.2. The van der Waals surface area contributed by atoms with Crippen LogP contribution in [0.2, 0.25) is 0 Å². The van der Waals surface area contributed by atoms with Crippen molar-refractivity contribution in [3.63, 3.8) is 0 Å². The summed E-state index contributed by atoms with van der Waals surface area (Å²) in [5.74, 6) is -1.72. The van der Waals surface area contributed by atoms with Gasteiger partial charge in [0.1, 0.15) is 12.3 Å². The molecule has 8 nitrogen and oxygen atoms in total.